The SMILES string of the molecule is N.[B].[Cr].[Ni]. The van der Waals surface area contributed by atoms with Crippen LogP contribution in [0.3, 0.4) is 0 Å². The van der Waals surface area contributed by atoms with Gasteiger partial charge >= 0.3 is 0 Å². The number of hydrogen-bond donors (Lipinski definition) is 1. The zero-order valence-electron chi connectivity index (χ0n) is 2.01. The molecule has 3 N–H and O–H groups in total. The van der Waals surface area contributed by atoms with Gasteiger partial charge in [-0.2, -0.15) is 0 Å². The third kappa shape index (κ3) is 11.6. The van der Waals surface area contributed by atoms with Crippen LogP contribution in [0, 0.1) is 0 Å². The molecule has 1 nitrogen and oxygen atoms in total. The van der Waals surface area contributed by atoms with Crippen molar-refractivity contribution < 1.29 is 33.9 Å². The second-order valence-corrected chi connectivity index (χ2v) is 0. The number of rotatable bonds is 0. The fraction of sp³-hybridized carbons (Fsp3) is 0. The first-order valence-corrected chi connectivity index (χ1v) is 0. The molecule has 0 aliphatic heterocycles. The van der Waals surface area contributed by atoms with Gasteiger partial charge < -0.3 is 6.15 Å². The molecule has 0 bridgehead atoms. The first kappa shape index (κ1) is 75.0. The zero-order valence-corrected chi connectivity index (χ0v) is 4.27. The predicted molar refractivity (Wildman–Crippen MR) is 10.8 cm³/mol. The zero-order chi connectivity index (χ0) is 0. The fourth-order valence-electron chi connectivity index (χ4n) is 0. The molecule has 4 heteroatoms. The Labute approximate surface area is 48.7 Å². The second-order valence-electron chi connectivity index (χ2n) is 0. The molecule has 0 aromatic carbocycles. The van der Waals surface area contributed by atoms with Crippen LogP contribution in [0.2, 0.25) is 0 Å². The summed E-state index contributed by atoms with van der Waals surface area (Å²) in [6.45, 7) is 0. The van der Waals surface area contributed by atoms with Gasteiger partial charge in [0, 0.05) is 42.3 Å². The Morgan fingerprint density at radius 2 is 1.00 bits per heavy atom. The molecule has 0 rings (SSSR count). The van der Waals surface area contributed by atoms with Crippen molar-refractivity contribution in [1.29, 1.82) is 0 Å². The monoisotopic (exact) mass is 138 g/mol. The molecule has 0 aliphatic carbocycles. The smallest absolute Gasteiger partial charge is 0 e. The van der Waals surface area contributed by atoms with Crippen LogP contribution in [-0.4, -0.2) is 8.41 Å². The molecule has 0 aromatic rings. The molecule has 0 aliphatic rings. The molecule has 0 saturated carbocycles. The normalized spacial score (nSPS) is 0. The molecule has 3 radical (unpaired) electrons. The van der Waals surface area contributed by atoms with Gasteiger partial charge in [0.2, 0.25) is 0 Å². The van der Waals surface area contributed by atoms with E-state index < -0.39 is 0 Å². The molecule has 0 aromatic heterocycles. The summed E-state index contributed by atoms with van der Waals surface area (Å²) in [5.74, 6) is 0. The van der Waals surface area contributed by atoms with Crippen molar-refractivity contribution in [3.05, 3.63) is 0 Å². The van der Waals surface area contributed by atoms with Crippen molar-refractivity contribution in [3.8, 4) is 0 Å². The summed E-state index contributed by atoms with van der Waals surface area (Å²) in [6.07, 6.45) is 0. The minimum absolute atomic E-state index is 0. The van der Waals surface area contributed by atoms with E-state index in [0.29, 0.717) is 0 Å². The van der Waals surface area contributed by atoms with E-state index in [-0.39, 0.29) is 48.4 Å². The Hall–Kier alpha value is 1.05. The minimum Gasteiger partial charge on any atom is -0.344 e. The summed E-state index contributed by atoms with van der Waals surface area (Å²) in [4.78, 5) is 0. The van der Waals surface area contributed by atoms with Crippen LogP contribution < -0.4 is 6.15 Å². The molecule has 0 unspecified atom stereocenters. The molecule has 0 saturated heterocycles. The summed E-state index contributed by atoms with van der Waals surface area (Å²) >= 11 is 0. The van der Waals surface area contributed by atoms with Crippen molar-refractivity contribution in [2.75, 3.05) is 0 Å². The van der Waals surface area contributed by atoms with Gasteiger partial charge in [0.1, 0.15) is 0 Å². The first-order chi connectivity index (χ1) is 0. The molecule has 4 heavy (non-hydrogen) atoms. The Balaban J connectivity index is 0. The van der Waals surface area contributed by atoms with E-state index in [2.05, 4.69) is 0 Å². The molecule has 0 atom stereocenters. The van der Waals surface area contributed by atoms with Crippen molar-refractivity contribution >= 4 is 8.41 Å². The molecular formula is H3BCrNNi. The first-order valence-electron chi connectivity index (χ1n) is 0. The summed E-state index contributed by atoms with van der Waals surface area (Å²) in [6, 6.07) is 0. The third-order valence-corrected chi connectivity index (χ3v) is 0. The third-order valence-electron chi connectivity index (χ3n) is 0. The minimum atomic E-state index is 0. The molecule has 0 heterocycles. The van der Waals surface area contributed by atoms with E-state index >= 15 is 0 Å². The van der Waals surface area contributed by atoms with E-state index in [9.17, 15) is 0 Å². The van der Waals surface area contributed by atoms with Gasteiger partial charge in [-0.15, -0.1) is 0 Å². The molecule has 27 valence electrons. The summed E-state index contributed by atoms with van der Waals surface area (Å²) in [7, 11) is 0. The summed E-state index contributed by atoms with van der Waals surface area (Å²) in [5, 5.41) is 0. The standard InChI is InChI=1S/B.Cr.H3N.Ni/h;;1H3;. The molecule has 0 fully saturated rings. The van der Waals surface area contributed by atoms with Crippen LogP contribution in [0.25, 0.3) is 0 Å². The Morgan fingerprint density at radius 1 is 1.00 bits per heavy atom. The van der Waals surface area contributed by atoms with E-state index in [1.807, 2.05) is 0 Å². The van der Waals surface area contributed by atoms with Crippen molar-refractivity contribution in [3.63, 3.8) is 0 Å². The van der Waals surface area contributed by atoms with Crippen molar-refractivity contribution in [1.82, 2.24) is 6.15 Å². The maximum absolute atomic E-state index is 0. The van der Waals surface area contributed by atoms with Gasteiger partial charge in [-0.1, -0.05) is 0 Å². The maximum atomic E-state index is 0. The van der Waals surface area contributed by atoms with Crippen LogP contribution in [0.4, 0.5) is 0 Å². The fourth-order valence-corrected chi connectivity index (χ4v) is 0. The van der Waals surface area contributed by atoms with Gasteiger partial charge in [0.25, 0.3) is 0 Å². The van der Waals surface area contributed by atoms with Gasteiger partial charge in [-0.3, -0.25) is 0 Å². The van der Waals surface area contributed by atoms with Gasteiger partial charge in [0.15, 0.2) is 0 Å². The van der Waals surface area contributed by atoms with E-state index in [1.165, 1.54) is 0 Å². The number of hydrogen-bond acceptors (Lipinski definition) is 1. The average Bonchev–Trinajstić information content (AvgIpc) is 0. The van der Waals surface area contributed by atoms with E-state index in [1.54, 1.807) is 0 Å². The van der Waals surface area contributed by atoms with Crippen LogP contribution in [0.15, 0.2) is 0 Å². The van der Waals surface area contributed by atoms with Gasteiger partial charge in [0.05, 0.1) is 0 Å². The van der Waals surface area contributed by atoms with Gasteiger partial charge in [-0.25, -0.2) is 0 Å². The van der Waals surface area contributed by atoms with Crippen molar-refractivity contribution in [2.24, 2.45) is 0 Å². The molecule has 0 amide bonds. The van der Waals surface area contributed by atoms with Crippen LogP contribution in [-0.2, 0) is 33.9 Å². The van der Waals surface area contributed by atoms with Crippen molar-refractivity contribution in [2.45, 2.75) is 0 Å². The van der Waals surface area contributed by atoms with Crippen LogP contribution >= 0.6 is 0 Å². The molecular weight excluding hydrogens is 136 g/mol. The summed E-state index contributed by atoms with van der Waals surface area (Å²) < 4.78 is 0. The van der Waals surface area contributed by atoms with E-state index in [0.717, 1.165) is 0 Å². The molecule has 0 spiro atoms. The average molecular weight is 139 g/mol. The van der Waals surface area contributed by atoms with Crippen LogP contribution in [0.1, 0.15) is 0 Å². The van der Waals surface area contributed by atoms with Crippen LogP contribution in [0.5, 0.6) is 0 Å². The Morgan fingerprint density at radius 3 is 1.00 bits per heavy atom. The Bertz CT molecular complexity index is 8.00. The quantitative estimate of drug-likeness (QED) is 0.462. The largest absolute Gasteiger partial charge is 0.344 e. The Kier molecular flexibility index (Phi) is 641. The second kappa shape index (κ2) is 34.1. The maximum Gasteiger partial charge on any atom is 0 e. The van der Waals surface area contributed by atoms with Gasteiger partial charge in [-0.05, 0) is 0 Å². The summed E-state index contributed by atoms with van der Waals surface area (Å²) in [5.41, 5.74) is 0. The topological polar surface area (TPSA) is 35.0 Å². The van der Waals surface area contributed by atoms with E-state index in [4.69, 9.17) is 0 Å². The predicted octanol–water partition coefficient (Wildman–Crippen LogP) is -0.224.